The van der Waals surface area contributed by atoms with Crippen molar-refractivity contribution in [3.8, 4) is 5.75 Å². The van der Waals surface area contributed by atoms with Gasteiger partial charge < -0.3 is 15.0 Å². The Balaban J connectivity index is 1.38. The average molecular weight is 342 g/mol. The smallest absolute Gasteiger partial charge is 0.257 e. The van der Waals surface area contributed by atoms with Gasteiger partial charge in [0.1, 0.15) is 5.75 Å². The molecule has 0 saturated carbocycles. The van der Waals surface area contributed by atoms with Crippen LogP contribution in [0.5, 0.6) is 5.75 Å². The largest absolute Gasteiger partial charge is 0.484 e. The second-order valence-electron chi connectivity index (χ2n) is 6.64. The Hall–Kier alpha value is -2.30. The highest BCUT2D eigenvalue weighted by atomic mass is 16.5. The third kappa shape index (κ3) is 5.08. The number of carbonyl (C=O) groups excluding carboxylic acids is 2. The van der Waals surface area contributed by atoms with Crippen molar-refractivity contribution in [3.63, 3.8) is 0 Å². The number of hydrogen-bond acceptors (Lipinski definition) is 3. The molecule has 1 heterocycles. The van der Waals surface area contributed by atoms with E-state index >= 15 is 0 Å². The molecule has 134 valence electrons. The SMILES string of the molecule is O=C(COc1ccc(N2CCCC2=O)cc1)NCCC1=CCCCC1. The van der Waals surface area contributed by atoms with Crippen LogP contribution in [0.1, 0.15) is 44.9 Å². The maximum atomic E-state index is 11.9. The van der Waals surface area contributed by atoms with E-state index in [9.17, 15) is 9.59 Å². The maximum Gasteiger partial charge on any atom is 0.257 e. The number of benzene rings is 1. The van der Waals surface area contributed by atoms with Crippen molar-refractivity contribution in [2.24, 2.45) is 0 Å². The summed E-state index contributed by atoms with van der Waals surface area (Å²) in [6.07, 6.45) is 9.66. The van der Waals surface area contributed by atoms with E-state index in [1.165, 1.54) is 24.8 Å². The molecule has 0 spiro atoms. The highest BCUT2D eigenvalue weighted by Crippen LogP contribution is 2.24. The van der Waals surface area contributed by atoms with E-state index in [0.717, 1.165) is 31.5 Å². The summed E-state index contributed by atoms with van der Waals surface area (Å²) in [7, 11) is 0. The Bertz CT molecular complexity index is 637. The number of anilines is 1. The Morgan fingerprint density at radius 3 is 2.64 bits per heavy atom. The normalized spacial score (nSPS) is 17.4. The number of nitrogens with zero attached hydrogens (tertiary/aromatic N) is 1. The first-order chi connectivity index (χ1) is 12.2. The van der Waals surface area contributed by atoms with Gasteiger partial charge in [-0.25, -0.2) is 0 Å². The molecule has 1 aromatic carbocycles. The number of nitrogens with one attached hydrogen (secondary N) is 1. The maximum absolute atomic E-state index is 11.9. The Labute approximate surface area is 149 Å². The second kappa shape index (κ2) is 8.70. The van der Waals surface area contributed by atoms with Crippen LogP contribution in [0.4, 0.5) is 5.69 Å². The Morgan fingerprint density at radius 2 is 1.96 bits per heavy atom. The molecule has 5 heteroatoms. The zero-order valence-corrected chi connectivity index (χ0v) is 14.6. The van der Waals surface area contributed by atoms with Crippen LogP contribution < -0.4 is 15.0 Å². The molecule has 0 aromatic heterocycles. The van der Waals surface area contributed by atoms with Gasteiger partial charge >= 0.3 is 0 Å². The van der Waals surface area contributed by atoms with Gasteiger partial charge in [-0.3, -0.25) is 9.59 Å². The minimum Gasteiger partial charge on any atom is -0.484 e. The van der Waals surface area contributed by atoms with Crippen LogP contribution in [0.3, 0.4) is 0 Å². The molecule has 0 unspecified atom stereocenters. The summed E-state index contributed by atoms with van der Waals surface area (Å²) in [5, 5.41) is 2.90. The highest BCUT2D eigenvalue weighted by molar-refractivity contribution is 5.95. The number of carbonyl (C=O) groups is 2. The monoisotopic (exact) mass is 342 g/mol. The molecule has 1 aliphatic carbocycles. The Kier molecular flexibility index (Phi) is 6.09. The lowest BCUT2D eigenvalue weighted by atomic mass is 9.97. The number of rotatable bonds is 7. The van der Waals surface area contributed by atoms with Gasteiger partial charge in [-0.05, 0) is 62.8 Å². The van der Waals surface area contributed by atoms with E-state index in [1.54, 1.807) is 17.0 Å². The molecule has 2 aliphatic rings. The Morgan fingerprint density at radius 1 is 1.12 bits per heavy atom. The number of allylic oxidation sites excluding steroid dienone is 1. The molecule has 1 saturated heterocycles. The van der Waals surface area contributed by atoms with Gasteiger partial charge in [0, 0.05) is 25.2 Å². The minimum absolute atomic E-state index is 0.0149. The van der Waals surface area contributed by atoms with Crippen LogP contribution in [-0.2, 0) is 9.59 Å². The van der Waals surface area contributed by atoms with E-state index in [2.05, 4.69) is 11.4 Å². The molecule has 1 aromatic rings. The fraction of sp³-hybridized carbons (Fsp3) is 0.500. The first-order valence-electron chi connectivity index (χ1n) is 9.20. The summed E-state index contributed by atoms with van der Waals surface area (Å²) < 4.78 is 5.52. The quantitative estimate of drug-likeness (QED) is 0.774. The minimum atomic E-state index is -0.102. The van der Waals surface area contributed by atoms with Crippen molar-refractivity contribution in [2.75, 3.05) is 24.6 Å². The summed E-state index contributed by atoms with van der Waals surface area (Å²) in [6.45, 7) is 1.46. The zero-order chi connectivity index (χ0) is 17.5. The molecule has 1 aliphatic heterocycles. The van der Waals surface area contributed by atoms with Gasteiger partial charge in [0.2, 0.25) is 5.91 Å². The second-order valence-corrected chi connectivity index (χ2v) is 6.64. The van der Waals surface area contributed by atoms with Gasteiger partial charge in [-0.15, -0.1) is 0 Å². The molecular weight excluding hydrogens is 316 g/mol. The molecule has 0 atom stereocenters. The summed E-state index contributed by atoms with van der Waals surface area (Å²) >= 11 is 0. The first kappa shape index (κ1) is 17.5. The fourth-order valence-corrected chi connectivity index (χ4v) is 3.34. The summed E-state index contributed by atoms with van der Waals surface area (Å²) in [6, 6.07) is 7.35. The lowest BCUT2D eigenvalue weighted by Gasteiger charge is -2.16. The number of amides is 2. The molecule has 0 radical (unpaired) electrons. The fourth-order valence-electron chi connectivity index (χ4n) is 3.34. The predicted octanol–water partition coefficient (Wildman–Crippen LogP) is 3.20. The number of hydrogen-bond donors (Lipinski definition) is 1. The van der Waals surface area contributed by atoms with Crippen LogP contribution >= 0.6 is 0 Å². The van der Waals surface area contributed by atoms with Crippen LogP contribution in [0, 0.1) is 0 Å². The predicted molar refractivity (Wildman–Crippen MR) is 97.7 cm³/mol. The van der Waals surface area contributed by atoms with E-state index < -0.39 is 0 Å². The molecule has 1 fully saturated rings. The summed E-state index contributed by atoms with van der Waals surface area (Å²) in [5.41, 5.74) is 2.35. The van der Waals surface area contributed by atoms with E-state index in [4.69, 9.17) is 4.74 Å². The number of ether oxygens (including phenoxy) is 1. The standard InChI is InChI=1S/C20H26N2O3/c23-19(21-13-12-16-5-2-1-3-6-16)15-25-18-10-8-17(9-11-18)22-14-4-7-20(22)24/h5,8-11H,1-4,6-7,12-15H2,(H,21,23). The van der Waals surface area contributed by atoms with Gasteiger partial charge in [-0.2, -0.15) is 0 Å². The molecule has 25 heavy (non-hydrogen) atoms. The van der Waals surface area contributed by atoms with Crippen molar-refractivity contribution >= 4 is 17.5 Å². The van der Waals surface area contributed by atoms with Gasteiger partial charge in [-0.1, -0.05) is 11.6 Å². The lowest BCUT2D eigenvalue weighted by Crippen LogP contribution is -2.30. The van der Waals surface area contributed by atoms with Crippen molar-refractivity contribution in [3.05, 3.63) is 35.9 Å². The van der Waals surface area contributed by atoms with Crippen molar-refractivity contribution in [2.45, 2.75) is 44.9 Å². The van der Waals surface area contributed by atoms with Crippen LogP contribution in [0.15, 0.2) is 35.9 Å². The topological polar surface area (TPSA) is 58.6 Å². The van der Waals surface area contributed by atoms with Crippen molar-refractivity contribution < 1.29 is 14.3 Å². The molecule has 1 N–H and O–H groups in total. The van der Waals surface area contributed by atoms with E-state index in [1.807, 2.05) is 12.1 Å². The third-order valence-electron chi connectivity index (χ3n) is 4.75. The third-order valence-corrected chi connectivity index (χ3v) is 4.75. The van der Waals surface area contributed by atoms with Gasteiger partial charge in [0.15, 0.2) is 6.61 Å². The molecular formula is C20H26N2O3. The van der Waals surface area contributed by atoms with Gasteiger partial charge in [0.05, 0.1) is 0 Å². The summed E-state index contributed by atoms with van der Waals surface area (Å²) in [4.78, 5) is 25.4. The molecule has 2 amide bonds. The van der Waals surface area contributed by atoms with Crippen LogP contribution in [0.25, 0.3) is 0 Å². The van der Waals surface area contributed by atoms with E-state index in [-0.39, 0.29) is 18.4 Å². The average Bonchev–Trinajstić information content (AvgIpc) is 3.07. The first-order valence-corrected chi connectivity index (χ1v) is 9.20. The molecule has 0 bridgehead atoms. The summed E-state index contributed by atoms with van der Waals surface area (Å²) in [5.74, 6) is 0.705. The highest BCUT2D eigenvalue weighted by Gasteiger charge is 2.21. The zero-order valence-electron chi connectivity index (χ0n) is 14.6. The van der Waals surface area contributed by atoms with Crippen LogP contribution in [-0.4, -0.2) is 31.5 Å². The van der Waals surface area contributed by atoms with Crippen LogP contribution in [0.2, 0.25) is 0 Å². The molecule has 5 nitrogen and oxygen atoms in total. The van der Waals surface area contributed by atoms with Crippen molar-refractivity contribution in [1.82, 2.24) is 5.32 Å². The molecule has 3 rings (SSSR count). The van der Waals surface area contributed by atoms with Gasteiger partial charge in [0.25, 0.3) is 5.91 Å². The van der Waals surface area contributed by atoms with Crippen molar-refractivity contribution in [1.29, 1.82) is 0 Å². The van der Waals surface area contributed by atoms with E-state index in [0.29, 0.717) is 18.7 Å². The lowest BCUT2D eigenvalue weighted by molar-refractivity contribution is -0.123.